The second-order valence-corrected chi connectivity index (χ2v) is 4.70. The summed E-state index contributed by atoms with van der Waals surface area (Å²) in [6.45, 7) is 3.14. The molecule has 1 aromatic heterocycles. The minimum Gasteiger partial charge on any atom is -0.369 e. The molecule has 0 saturated heterocycles. The van der Waals surface area contributed by atoms with E-state index in [9.17, 15) is 0 Å². The molecule has 2 rings (SSSR count). The van der Waals surface area contributed by atoms with Gasteiger partial charge < -0.3 is 5.32 Å². The van der Waals surface area contributed by atoms with Crippen LogP contribution in [0.4, 0.5) is 5.82 Å². The second-order valence-electron chi connectivity index (χ2n) is 3.62. The van der Waals surface area contributed by atoms with Crippen LogP contribution in [0.1, 0.15) is 37.8 Å². The Bertz CT molecular complexity index is 323. The molecule has 1 aliphatic carbocycles. The zero-order chi connectivity index (χ0) is 9.97. The Morgan fingerprint density at radius 2 is 2.29 bits per heavy atom. The van der Waals surface area contributed by atoms with E-state index in [-0.39, 0.29) is 0 Å². The maximum atomic E-state index is 4.35. The number of hydrogen-bond donors (Lipinski definition) is 1. The van der Waals surface area contributed by atoms with Crippen LogP contribution in [-0.2, 0) is 0 Å². The number of aromatic nitrogens is 2. The molecule has 1 saturated carbocycles. The molecule has 0 unspecified atom stereocenters. The van der Waals surface area contributed by atoms with Gasteiger partial charge in [-0.2, -0.15) is 0 Å². The molecule has 0 bridgehead atoms. The van der Waals surface area contributed by atoms with Crippen LogP contribution in [0.15, 0.2) is 6.33 Å². The van der Waals surface area contributed by atoms with Gasteiger partial charge in [0, 0.05) is 12.5 Å². The molecule has 0 amide bonds. The summed E-state index contributed by atoms with van der Waals surface area (Å²) >= 11 is 2.35. The lowest BCUT2D eigenvalue weighted by Crippen LogP contribution is -2.06. The number of nitrogens with one attached hydrogen (secondary N) is 1. The van der Waals surface area contributed by atoms with Crippen LogP contribution in [0.5, 0.6) is 0 Å². The van der Waals surface area contributed by atoms with Crippen molar-refractivity contribution in [1.29, 1.82) is 0 Å². The summed E-state index contributed by atoms with van der Waals surface area (Å²) in [6.07, 6.45) is 5.38. The van der Waals surface area contributed by atoms with Gasteiger partial charge >= 0.3 is 0 Å². The number of rotatable bonds is 4. The average molecular weight is 303 g/mol. The van der Waals surface area contributed by atoms with Crippen LogP contribution in [-0.4, -0.2) is 16.5 Å². The van der Waals surface area contributed by atoms with Crippen molar-refractivity contribution < 1.29 is 0 Å². The third-order valence-corrected chi connectivity index (χ3v) is 3.39. The first-order chi connectivity index (χ1) is 6.83. The second kappa shape index (κ2) is 4.42. The van der Waals surface area contributed by atoms with E-state index in [4.69, 9.17) is 0 Å². The van der Waals surface area contributed by atoms with E-state index >= 15 is 0 Å². The van der Waals surface area contributed by atoms with Gasteiger partial charge in [-0.3, -0.25) is 0 Å². The van der Waals surface area contributed by atoms with Gasteiger partial charge in [0.2, 0.25) is 0 Å². The summed E-state index contributed by atoms with van der Waals surface area (Å²) in [7, 11) is 0. The van der Waals surface area contributed by atoms with Crippen molar-refractivity contribution in [3.05, 3.63) is 15.6 Å². The lowest BCUT2D eigenvalue weighted by molar-refractivity contribution is 0.934. The Hall–Kier alpha value is -0.390. The first-order valence-corrected chi connectivity index (χ1v) is 6.15. The fourth-order valence-corrected chi connectivity index (χ4v) is 2.30. The van der Waals surface area contributed by atoms with Crippen LogP contribution >= 0.6 is 22.6 Å². The molecule has 0 aromatic carbocycles. The summed E-state index contributed by atoms with van der Waals surface area (Å²) < 4.78 is 1.21. The van der Waals surface area contributed by atoms with E-state index < -0.39 is 0 Å². The predicted molar refractivity (Wildman–Crippen MR) is 65.5 cm³/mol. The van der Waals surface area contributed by atoms with Gasteiger partial charge in [0.25, 0.3) is 0 Å². The van der Waals surface area contributed by atoms with Crippen molar-refractivity contribution in [1.82, 2.24) is 9.97 Å². The van der Waals surface area contributed by atoms with E-state index in [1.165, 1.54) is 22.1 Å². The monoisotopic (exact) mass is 303 g/mol. The number of nitrogens with zero attached hydrogens (tertiary/aromatic N) is 2. The molecule has 0 atom stereocenters. The standard InChI is InChI=1S/C10H14IN3/c1-2-5-12-10-8(11)9(7-3-4-7)13-6-14-10/h6-7H,2-5H2,1H3,(H,12,13,14). The highest BCUT2D eigenvalue weighted by molar-refractivity contribution is 14.1. The van der Waals surface area contributed by atoms with Crippen molar-refractivity contribution in [2.75, 3.05) is 11.9 Å². The minimum absolute atomic E-state index is 0.701. The Labute approximate surface area is 97.9 Å². The van der Waals surface area contributed by atoms with Crippen molar-refractivity contribution in [3.8, 4) is 0 Å². The molecule has 1 aliphatic rings. The Morgan fingerprint density at radius 1 is 1.50 bits per heavy atom. The molecule has 76 valence electrons. The molecule has 1 fully saturated rings. The van der Waals surface area contributed by atoms with Gasteiger partial charge in [0.1, 0.15) is 12.1 Å². The smallest absolute Gasteiger partial charge is 0.143 e. The van der Waals surface area contributed by atoms with Crippen molar-refractivity contribution in [2.24, 2.45) is 0 Å². The SMILES string of the molecule is CCCNc1ncnc(C2CC2)c1I. The fourth-order valence-electron chi connectivity index (χ4n) is 1.39. The first kappa shape index (κ1) is 10.1. The van der Waals surface area contributed by atoms with E-state index in [0.717, 1.165) is 18.8 Å². The van der Waals surface area contributed by atoms with Gasteiger partial charge in [0.05, 0.1) is 9.26 Å². The number of anilines is 1. The summed E-state index contributed by atoms with van der Waals surface area (Å²) in [4.78, 5) is 8.61. The van der Waals surface area contributed by atoms with Crippen molar-refractivity contribution in [3.63, 3.8) is 0 Å². The van der Waals surface area contributed by atoms with E-state index in [1.807, 2.05) is 0 Å². The van der Waals surface area contributed by atoms with Crippen molar-refractivity contribution >= 4 is 28.4 Å². The topological polar surface area (TPSA) is 37.8 Å². The molecule has 0 aliphatic heterocycles. The molecule has 14 heavy (non-hydrogen) atoms. The molecular formula is C10H14IN3. The number of halogens is 1. The van der Waals surface area contributed by atoms with Crippen LogP contribution < -0.4 is 5.32 Å². The highest BCUT2D eigenvalue weighted by Gasteiger charge is 2.28. The summed E-state index contributed by atoms with van der Waals surface area (Å²) in [6, 6.07) is 0. The van der Waals surface area contributed by atoms with Crippen LogP contribution in [0, 0.1) is 3.57 Å². The highest BCUT2D eigenvalue weighted by atomic mass is 127. The summed E-state index contributed by atoms with van der Waals surface area (Å²) in [5, 5.41) is 3.33. The summed E-state index contributed by atoms with van der Waals surface area (Å²) in [5.41, 5.74) is 1.24. The predicted octanol–water partition coefficient (Wildman–Crippen LogP) is 2.78. The van der Waals surface area contributed by atoms with Crippen molar-refractivity contribution in [2.45, 2.75) is 32.1 Å². The highest BCUT2D eigenvalue weighted by Crippen LogP contribution is 2.41. The maximum Gasteiger partial charge on any atom is 0.143 e. The molecular weight excluding hydrogens is 289 g/mol. The van der Waals surface area contributed by atoms with Gasteiger partial charge in [-0.1, -0.05) is 6.92 Å². The zero-order valence-electron chi connectivity index (χ0n) is 8.26. The minimum atomic E-state index is 0.701. The van der Waals surface area contributed by atoms with E-state index in [1.54, 1.807) is 6.33 Å². The summed E-state index contributed by atoms with van der Waals surface area (Å²) in [5.74, 6) is 1.71. The molecule has 1 aromatic rings. The molecule has 1 heterocycles. The Balaban J connectivity index is 2.18. The normalized spacial score (nSPS) is 15.6. The Morgan fingerprint density at radius 3 is 2.93 bits per heavy atom. The zero-order valence-corrected chi connectivity index (χ0v) is 10.4. The third kappa shape index (κ3) is 2.16. The van der Waals surface area contributed by atoms with Gasteiger partial charge in [0.15, 0.2) is 0 Å². The van der Waals surface area contributed by atoms with Gasteiger partial charge in [-0.15, -0.1) is 0 Å². The molecule has 0 radical (unpaired) electrons. The van der Waals surface area contributed by atoms with Crippen LogP contribution in [0.2, 0.25) is 0 Å². The fraction of sp³-hybridized carbons (Fsp3) is 0.600. The van der Waals surface area contributed by atoms with Gasteiger partial charge in [-0.25, -0.2) is 9.97 Å². The van der Waals surface area contributed by atoms with E-state index in [2.05, 4.69) is 44.8 Å². The average Bonchev–Trinajstić information content (AvgIpc) is 3.00. The maximum absolute atomic E-state index is 4.35. The lowest BCUT2D eigenvalue weighted by Gasteiger charge is -2.08. The molecule has 3 nitrogen and oxygen atoms in total. The quantitative estimate of drug-likeness (QED) is 0.869. The first-order valence-electron chi connectivity index (χ1n) is 5.07. The number of hydrogen-bond acceptors (Lipinski definition) is 3. The largest absolute Gasteiger partial charge is 0.369 e. The third-order valence-electron chi connectivity index (χ3n) is 2.32. The molecule has 1 N–H and O–H groups in total. The Kier molecular flexibility index (Phi) is 3.20. The van der Waals surface area contributed by atoms with Gasteiger partial charge in [-0.05, 0) is 41.9 Å². The van der Waals surface area contributed by atoms with Crippen LogP contribution in [0.25, 0.3) is 0 Å². The van der Waals surface area contributed by atoms with Crippen LogP contribution in [0.3, 0.4) is 0 Å². The lowest BCUT2D eigenvalue weighted by atomic mass is 10.3. The van der Waals surface area contributed by atoms with E-state index in [0.29, 0.717) is 5.92 Å². The molecule has 0 spiro atoms. The molecule has 4 heteroatoms.